The van der Waals surface area contributed by atoms with E-state index in [0.29, 0.717) is 15.7 Å². The predicted octanol–water partition coefficient (Wildman–Crippen LogP) is 3.42. The number of aromatic nitrogens is 2. The Labute approximate surface area is 138 Å². The zero-order valence-corrected chi connectivity index (χ0v) is 13.3. The zero-order valence-electron chi connectivity index (χ0n) is 11.0. The molecule has 112 valence electrons. The molecule has 0 aliphatic rings. The van der Waals surface area contributed by atoms with E-state index in [-0.39, 0.29) is 22.8 Å². The number of esters is 1. The Balaban J connectivity index is 1.76. The summed E-state index contributed by atoms with van der Waals surface area (Å²) in [5.74, 6) is -0.563. The average molecular weight is 355 g/mol. The summed E-state index contributed by atoms with van der Waals surface area (Å²) in [6.45, 7) is -0.0945. The smallest absolute Gasteiger partial charge is 0.338 e. The van der Waals surface area contributed by atoms with Gasteiger partial charge in [0.15, 0.2) is 4.96 Å². The van der Waals surface area contributed by atoms with Crippen molar-refractivity contribution in [2.75, 3.05) is 0 Å². The molecule has 0 amide bonds. The lowest BCUT2D eigenvalue weighted by atomic mass is 10.2. The zero-order chi connectivity index (χ0) is 15.7. The first-order valence-corrected chi connectivity index (χ1v) is 7.76. The van der Waals surface area contributed by atoms with Crippen LogP contribution in [0.1, 0.15) is 16.1 Å². The van der Waals surface area contributed by atoms with Crippen molar-refractivity contribution in [3.63, 3.8) is 0 Å². The highest BCUT2D eigenvalue weighted by atomic mass is 35.5. The van der Waals surface area contributed by atoms with Crippen LogP contribution in [0.15, 0.2) is 40.6 Å². The lowest BCUT2D eigenvalue weighted by Crippen LogP contribution is -2.14. The molecule has 2 aromatic heterocycles. The highest BCUT2D eigenvalue weighted by Crippen LogP contribution is 2.23. The summed E-state index contributed by atoms with van der Waals surface area (Å²) in [7, 11) is 0. The summed E-state index contributed by atoms with van der Waals surface area (Å²) in [6, 6.07) is 5.79. The molecule has 2 heterocycles. The second-order valence-corrected chi connectivity index (χ2v) is 6.03. The van der Waals surface area contributed by atoms with E-state index in [1.807, 2.05) is 0 Å². The van der Waals surface area contributed by atoms with Crippen LogP contribution in [0.2, 0.25) is 10.0 Å². The number of fused-ring (bicyclic) bond motifs is 1. The summed E-state index contributed by atoms with van der Waals surface area (Å²) in [4.78, 5) is 28.6. The van der Waals surface area contributed by atoms with Crippen molar-refractivity contribution in [2.45, 2.75) is 6.61 Å². The number of hydrogen-bond acceptors (Lipinski definition) is 5. The third-order valence-corrected chi connectivity index (χ3v) is 4.36. The molecular weight excluding hydrogens is 347 g/mol. The van der Waals surface area contributed by atoms with Crippen LogP contribution >= 0.6 is 34.5 Å². The Morgan fingerprint density at radius 2 is 2.09 bits per heavy atom. The third kappa shape index (κ3) is 2.99. The van der Waals surface area contributed by atoms with Gasteiger partial charge in [-0.15, -0.1) is 11.3 Å². The lowest BCUT2D eigenvalue weighted by molar-refractivity contribution is 0.0468. The topological polar surface area (TPSA) is 60.7 Å². The van der Waals surface area contributed by atoms with Crippen LogP contribution in [0.4, 0.5) is 0 Å². The first-order valence-electron chi connectivity index (χ1n) is 6.12. The van der Waals surface area contributed by atoms with Gasteiger partial charge in [0.25, 0.3) is 5.56 Å². The van der Waals surface area contributed by atoms with Gasteiger partial charge in [0.1, 0.15) is 6.61 Å². The lowest BCUT2D eigenvalue weighted by Gasteiger charge is -2.05. The molecule has 3 aromatic rings. The fourth-order valence-electron chi connectivity index (χ4n) is 1.81. The largest absolute Gasteiger partial charge is 0.456 e. The SMILES string of the molecule is O=C(OCc1cc(=O)n2ccsc2n1)c1ccc(Cl)c(Cl)c1. The molecule has 0 saturated carbocycles. The number of benzene rings is 1. The van der Waals surface area contributed by atoms with Crippen LogP contribution in [-0.2, 0) is 11.3 Å². The molecule has 8 heteroatoms. The molecule has 1 aromatic carbocycles. The van der Waals surface area contributed by atoms with Crippen molar-refractivity contribution in [2.24, 2.45) is 0 Å². The minimum atomic E-state index is -0.563. The first kappa shape index (κ1) is 15.0. The van der Waals surface area contributed by atoms with E-state index in [1.54, 1.807) is 11.6 Å². The molecule has 5 nitrogen and oxygen atoms in total. The van der Waals surface area contributed by atoms with Crippen molar-refractivity contribution in [1.29, 1.82) is 0 Å². The molecule has 3 rings (SSSR count). The monoisotopic (exact) mass is 354 g/mol. The van der Waals surface area contributed by atoms with Crippen LogP contribution in [0, 0.1) is 0 Å². The summed E-state index contributed by atoms with van der Waals surface area (Å²) >= 11 is 13.0. The van der Waals surface area contributed by atoms with Gasteiger partial charge in [-0.05, 0) is 18.2 Å². The first-order chi connectivity index (χ1) is 10.5. The van der Waals surface area contributed by atoms with Crippen molar-refractivity contribution in [3.8, 4) is 0 Å². The number of carbonyl (C=O) groups is 1. The Morgan fingerprint density at radius 1 is 1.27 bits per heavy atom. The van der Waals surface area contributed by atoms with E-state index < -0.39 is 5.97 Å². The number of halogens is 2. The second kappa shape index (κ2) is 6.08. The maximum atomic E-state index is 11.9. The Morgan fingerprint density at radius 3 is 2.86 bits per heavy atom. The van der Waals surface area contributed by atoms with Crippen molar-refractivity contribution in [3.05, 3.63) is 67.5 Å². The highest BCUT2D eigenvalue weighted by Gasteiger charge is 2.11. The minimum absolute atomic E-state index is 0.0945. The van der Waals surface area contributed by atoms with Gasteiger partial charge in [0.2, 0.25) is 0 Å². The van der Waals surface area contributed by atoms with Crippen LogP contribution < -0.4 is 5.56 Å². The second-order valence-electron chi connectivity index (χ2n) is 4.35. The van der Waals surface area contributed by atoms with Crippen LogP contribution in [0.25, 0.3) is 4.96 Å². The number of thiazole rings is 1. The quantitative estimate of drug-likeness (QED) is 0.676. The van der Waals surface area contributed by atoms with E-state index in [4.69, 9.17) is 27.9 Å². The van der Waals surface area contributed by atoms with E-state index in [9.17, 15) is 9.59 Å². The Hall–Kier alpha value is -1.89. The third-order valence-electron chi connectivity index (χ3n) is 2.86. The molecule has 0 radical (unpaired) electrons. The molecule has 22 heavy (non-hydrogen) atoms. The van der Waals surface area contributed by atoms with E-state index in [0.717, 1.165) is 0 Å². The van der Waals surface area contributed by atoms with Gasteiger partial charge >= 0.3 is 5.97 Å². The number of carbonyl (C=O) groups excluding carboxylic acids is 1. The summed E-state index contributed by atoms with van der Waals surface area (Å²) in [5, 5.41) is 2.39. The van der Waals surface area contributed by atoms with Gasteiger partial charge in [-0.3, -0.25) is 9.20 Å². The maximum Gasteiger partial charge on any atom is 0.338 e. The fourth-order valence-corrected chi connectivity index (χ4v) is 2.84. The Bertz CT molecular complexity index is 920. The van der Waals surface area contributed by atoms with Gasteiger partial charge in [0.05, 0.1) is 21.3 Å². The Kier molecular flexibility index (Phi) is 4.15. The highest BCUT2D eigenvalue weighted by molar-refractivity contribution is 7.15. The number of hydrogen-bond donors (Lipinski definition) is 0. The molecular formula is C14H8Cl2N2O3S. The van der Waals surface area contributed by atoms with Crippen LogP contribution in [-0.4, -0.2) is 15.4 Å². The number of rotatable bonds is 3. The predicted molar refractivity (Wildman–Crippen MR) is 84.9 cm³/mol. The minimum Gasteiger partial charge on any atom is -0.456 e. The van der Waals surface area contributed by atoms with Gasteiger partial charge in [-0.2, -0.15) is 0 Å². The average Bonchev–Trinajstić information content (AvgIpc) is 2.96. The van der Waals surface area contributed by atoms with E-state index in [1.165, 1.54) is 40.0 Å². The van der Waals surface area contributed by atoms with Gasteiger partial charge in [-0.25, -0.2) is 9.78 Å². The molecule has 0 fully saturated rings. The van der Waals surface area contributed by atoms with E-state index in [2.05, 4.69) is 4.98 Å². The summed E-state index contributed by atoms with van der Waals surface area (Å²) in [6.07, 6.45) is 1.64. The van der Waals surface area contributed by atoms with Gasteiger partial charge < -0.3 is 4.74 Å². The molecule has 0 unspecified atom stereocenters. The van der Waals surface area contributed by atoms with Crippen LogP contribution in [0.3, 0.4) is 0 Å². The molecule has 0 spiro atoms. The standard InChI is InChI=1S/C14H8Cl2N2O3S/c15-10-2-1-8(5-11(10)16)13(20)21-7-9-6-12(19)18-3-4-22-14(18)17-9/h1-6H,7H2. The normalized spacial score (nSPS) is 10.8. The molecule has 0 aliphatic heterocycles. The fraction of sp³-hybridized carbons (Fsp3) is 0.0714. The molecule has 0 N–H and O–H groups in total. The number of nitrogens with zero attached hydrogens (tertiary/aromatic N) is 2. The number of ether oxygens (including phenoxy) is 1. The van der Waals surface area contributed by atoms with Gasteiger partial charge in [-0.1, -0.05) is 23.2 Å². The summed E-state index contributed by atoms with van der Waals surface area (Å²) < 4.78 is 6.57. The van der Waals surface area contributed by atoms with Gasteiger partial charge in [0, 0.05) is 17.6 Å². The van der Waals surface area contributed by atoms with Crippen LogP contribution in [0.5, 0.6) is 0 Å². The van der Waals surface area contributed by atoms with E-state index >= 15 is 0 Å². The van der Waals surface area contributed by atoms with Crippen molar-refractivity contribution in [1.82, 2.24) is 9.38 Å². The summed E-state index contributed by atoms with van der Waals surface area (Å²) in [5.41, 5.74) is 0.455. The molecule has 0 saturated heterocycles. The molecule has 0 aliphatic carbocycles. The molecule has 0 atom stereocenters. The van der Waals surface area contributed by atoms with Crippen molar-refractivity contribution >= 4 is 45.5 Å². The van der Waals surface area contributed by atoms with Crippen molar-refractivity contribution < 1.29 is 9.53 Å². The molecule has 0 bridgehead atoms. The maximum absolute atomic E-state index is 11.9.